The number of benzene rings is 1. The number of carbonyl (C=O) groups is 1. The number of hydrogen-bond acceptors (Lipinski definition) is 6. The summed E-state index contributed by atoms with van der Waals surface area (Å²) in [5, 5.41) is 9.59. The van der Waals surface area contributed by atoms with E-state index in [0.717, 1.165) is 6.26 Å². The number of aliphatic hydroxyl groups excluding tert-OH is 1. The van der Waals surface area contributed by atoms with Gasteiger partial charge in [-0.3, -0.25) is 9.52 Å². The van der Waals surface area contributed by atoms with Gasteiger partial charge in [0.2, 0.25) is 15.9 Å². The van der Waals surface area contributed by atoms with Crippen molar-refractivity contribution in [3.63, 3.8) is 0 Å². The molecule has 3 atom stereocenters. The van der Waals surface area contributed by atoms with Crippen LogP contribution in [0.3, 0.4) is 0 Å². The van der Waals surface area contributed by atoms with E-state index in [1.807, 2.05) is 32.8 Å². The normalized spacial score (nSPS) is 22.0. The number of likely N-dealkylation sites (N-methyl/N-ethyl adjacent to an activating group) is 1. The number of amides is 1. The molecule has 1 aliphatic rings. The lowest BCUT2D eigenvalue weighted by molar-refractivity contribution is -0.134. The quantitative estimate of drug-likeness (QED) is 0.715. The van der Waals surface area contributed by atoms with Crippen LogP contribution in [0.15, 0.2) is 18.2 Å². The fraction of sp³-hybridized carbons (Fsp3) is 0.632. The van der Waals surface area contributed by atoms with Crippen LogP contribution >= 0.6 is 0 Å². The molecule has 2 rings (SSSR count). The summed E-state index contributed by atoms with van der Waals surface area (Å²) in [4.78, 5) is 16.7. The molecule has 0 saturated heterocycles. The first-order valence-corrected chi connectivity index (χ1v) is 11.2. The van der Waals surface area contributed by atoms with Crippen molar-refractivity contribution in [1.29, 1.82) is 0 Å². The number of fused-ring (bicyclic) bond motifs is 1. The molecule has 0 radical (unpaired) electrons. The number of sulfonamides is 1. The number of hydrogen-bond donors (Lipinski definition) is 2. The lowest BCUT2D eigenvalue weighted by Crippen LogP contribution is -2.47. The molecule has 0 aliphatic carbocycles. The molecule has 0 unspecified atom stereocenters. The largest absolute Gasteiger partial charge is 0.488 e. The summed E-state index contributed by atoms with van der Waals surface area (Å²) in [7, 11) is 0.490. The van der Waals surface area contributed by atoms with Gasteiger partial charge in [0.25, 0.3) is 0 Å². The summed E-state index contributed by atoms with van der Waals surface area (Å²) >= 11 is 0. The average Bonchev–Trinajstić information content (AvgIpc) is 2.62. The Labute approximate surface area is 167 Å². The number of rotatable bonds is 6. The predicted octanol–water partition coefficient (Wildman–Crippen LogP) is 0.769. The zero-order valence-corrected chi connectivity index (χ0v) is 18.0. The van der Waals surface area contributed by atoms with E-state index in [4.69, 9.17) is 4.74 Å². The number of nitrogens with one attached hydrogen (secondary N) is 1. The SMILES string of the molecule is C[C@@H]1CN([C@H](C)CO)C(=O)Cc2cc(NS(C)(=O)=O)ccc2O[C@H]1CN(C)C. The third-order valence-electron chi connectivity index (χ3n) is 4.76. The van der Waals surface area contributed by atoms with E-state index >= 15 is 0 Å². The van der Waals surface area contributed by atoms with Crippen molar-refractivity contribution < 1.29 is 23.1 Å². The molecule has 1 aliphatic heterocycles. The molecule has 1 heterocycles. The van der Waals surface area contributed by atoms with Gasteiger partial charge in [-0.2, -0.15) is 0 Å². The molecule has 0 spiro atoms. The van der Waals surface area contributed by atoms with Gasteiger partial charge in [0.15, 0.2) is 0 Å². The Kier molecular flexibility index (Phi) is 7.30. The molecule has 9 heteroatoms. The maximum absolute atomic E-state index is 13.0. The van der Waals surface area contributed by atoms with Crippen LogP contribution in [0.5, 0.6) is 5.75 Å². The highest BCUT2D eigenvalue weighted by molar-refractivity contribution is 7.92. The first kappa shape index (κ1) is 22.4. The maximum atomic E-state index is 13.0. The van der Waals surface area contributed by atoms with Crippen molar-refractivity contribution in [1.82, 2.24) is 9.80 Å². The summed E-state index contributed by atoms with van der Waals surface area (Å²) in [5.41, 5.74) is 1.00. The average molecular weight is 414 g/mol. The minimum absolute atomic E-state index is 0.0418. The van der Waals surface area contributed by atoms with Crippen LogP contribution in [0.1, 0.15) is 19.4 Å². The molecule has 158 valence electrons. The van der Waals surface area contributed by atoms with Gasteiger partial charge >= 0.3 is 0 Å². The third-order valence-corrected chi connectivity index (χ3v) is 5.37. The highest BCUT2D eigenvalue weighted by Crippen LogP contribution is 2.29. The van der Waals surface area contributed by atoms with E-state index in [2.05, 4.69) is 4.72 Å². The van der Waals surface area contributed by atoms with Crippen molar-refractivity contribution in [2.75, 3.05) is 44.8 Å². The van der Waals surface area contributed by atoms with E-state index in [1.165, 1.54) is 0 Å². The number of ether oxygens (including phenoxy) is 1. The monoisotopic (exact) mass is 413 g/mol. The first-order chi connectivity index (χ1) is 13.0. The van der Waals surface area contributed by atoms with Crippen LogP contribution in [0.25, 0.3) is 0 Å². The molecule has 28 heavy (non-hydrogen) atoms. The Morgan fingerprint density at radius 1 is 1.39 bits per heavy atom. The second-order valence-electron chi connectivity index (χ2n) is 7.85. The highest BCUT2D eigenvalue weighted by atomic mass is 32.2. The van der Waals surface area contributed by atoms with Gasteiger partial charge in [-0.05, 0) is 39.2 Å². The lowest BCUT2D eigenvalue weighted by Gasteiger charge is -2.33. The maximum Gasteiger partial charge on any atom is 0.229 e. The molecule has 8 nitrogen and oxygen atoms in total. The van der Waals surface area contributed by atoms with Gasteiger partial charge in [-0.25, -0.2) is 8.42 Å². The Balaban J connectivity index is 2.46. The molecular formula is C19H31N3O5S. The summed E-state index contributed by atoms with van der Waals surface area (Å²) in [6, 6.07) is 4.66. The fourth-order valence-corrected chi connectivity index (χ4v) is 3.84. The molecule has 0 saturated carbocycles. The van der Waals surface area contributed by atoms with Gasteiger partial charge in [-0.1, -0.05) is 6.92 Å². The Morgan fingerprint density at radius 2 is 2.07 bits per heavy atom. The van der Waals surface area contributed by atoms with Gasteiger partial charge < -0.3 is 19.6 Å². The van der Waals surface area contributed by atoms with Gasteiger partial charge in [-0.15, -0.1) is 0 Å². The summed E-state index contributed by atoms with van der Waals surface area (Å²) in [5.74, 6) is 0.491. The summed E-state index contributed by atoms with van der Waals surface area (Å²) in [6.07, 6.45) is 0.984. The smallest absolute Gasteiger partial charge is 0.229 e. The van der Waals surface area contributed by atoms with Crippen molar-refractivity contribution >= 4 is 21.6 Å². The number of carbonyl (C=O) groups excluding carboxylic acids is 1. The Bertz CT molecular complexity index is 797. The molecule has 1 amide bonds. The van der Waals surface area contributed by atoms with Crippen molar-refractivity contribution in [3.05, 3.63) is 23.8 Å². The zero-order valence-electron chi connectivity index (χ0n) is 17.2. The minimum atomic E-state index is -3.43. The summed E-state index contributed by atoms with van der Waals surface area (Å²) in [6.45, 7) is 4.86. The van der Waals surface area contributed by atoms with E-state index in [9.17, 15) is 18.3 Å². The van der Waals surface area contributed by atoms with Crippen LogP contribution in [-0.4, -0.2) is 81.4 Å². The van der Waals surface area contributed by atoms with Gasteiger partial charge in [0, 0.05) is 30.3 Å². The van der Waals surface area contributed by atoms with E-state index < -0.39 is 10.0 Å². The summed E-state index contributed by atoms with van der Waals surface area (Å²) < 4.78 is 31.8. The first-order valence-electron chi connectivity index (χ1n) is 9.32. The van der Waals surface area contributed by atoms with Crippen LogP contribution in [0.2, 0.25) is 0 Å². The molecule has 1 aromatic carbocycles. The fourth-order valence-electron chi connectivity index (χ4n) is 3.28. The van der Waals surface area contributed by atoms with Crippen LogP contribution in [0, 0.1) is 5.92 Å². The standard InChI is InChI=1S/C19H31N3O5S/c1-13-10-22(14(2)12-23)19(24)9-15-8-16(20-28(5,25)26)6-7-17(15)27-18(13)11-21(3)4/h6-8,13-14,18,20,23H,9-12H2,1-5H3/t13-,14-,18+/m1/s1. The van der Waals surface area contributed by atoms with E-state index in [1.54, 1.807) is 23.1 Å². The topological polar surface area (TPSA) is 99.2 Å². The Hall–Kier alpha value is -1.84. The number of anilines is 1. The zero-order chi connectivity index (χ0) is 21.1. The molecule has 1 aromatic rings. The minimum Gasteiger partial charge on any atom is -0.488 e. The highest BCUT2D eigenvalue weighted by Gasteiger charge is 2.30. The molecule has 0 aromatic heterocycles. The van der Waals surface area contributed by atoms with E-state index in [0.29, 0.717) is 30.1 Å². The molecule has 0 fully saturated rings. The Morgan fingerprint density at radius 3 is 2.64 bits per heavy atom. The van der Waals surface area contributed by atoms with Crippen LogP contribution in [0.4, 0.5) is 5.69 Å². The third kappa shape index (κ3) is 6.08. The lowest BCUT2D eigenvalue weighted by atomic mass is 10.0. The van der Waals surface area contributed by atoms with Crippen molar-refractivity contribution in [2.45, 2.75) is 32.4 Å². The second kappa shape index (κ2) is 9.11. The molecule has 2 N–H and O–H groups in total. The number of aliphatic hydroxyl groups is 1. The molecule has 0 bridgehead atoms. The molecular weight excluding hydrogens is 382 g/mol. The van der Waals surface area contributed by atoms with Gasteiger partial charge in [0.1, 0.15) is 11.9 Å². The number of nitrogens with zero attached hydrogens (tertiary/aromatic N) is 2. The predicted molar refractivity (Wildman–Crippen MR) is 109 cm³/mol. The van der Waals surface area contributed by atoms with Crippen LogP contribution < -0.4 is 9.46 Å². The van der Waals surface area contributed by atoms with Gasteiger partial charge in [0.05, 0.1) is 25.3 Å². The van der Waals surface area contributed by atoms with Crippen molar-refractivity contribution in [3.8, 4) is 5.75 Å². The second-order valence-corrected chi connectivity index (χ2v) is 9.60. The van der Waals surface area contributed by atoms with E-state index in [-0.39, 0.29) is 37.0 Å². The van der Waals surface area contributed by atoms with Crippen LogP contribution in [-0.2, 0) is 21.2 Å². The van der Waals surface area contributed by atoms with Crippen molar-refractivity contribution in [2.24, 2.45) is 5.92 Å².